The van der Waals surface area contributed by atoms with Gasteiger partial charge in [0, 0.05) is 308 Å². The van der Waals surface area contributed by atoms with E-state index in [2.05, 4.69) is 40.8 Å². The van der Waals surface area contributed by atoms with Gasteiger partial charge in [-0.2, -0.15) is 9.97 Å². The van der Waals surface area contributed by atoms with Crippen molar-refractivity contribution in [2.75, 3.05) is 50.5 Å². The molecule has 0 atom stereocenters. The van der Waals surface area contributed by atoms with E-state index in [9.17, 15) is 14.4 Å². The molecule has 2 aliphatic rings. The van der Waals surface area contributed by atoms with Crippen LogP contribution in [0.5, 0.6) is 0 Å². The van der Waals surface area contributed by atoms with E-state index in [0.717, 1.165) is 62.6 Å². The summed E-state index contributed by atoms with van der Waals surface area (Å²) in [5.41, 5.74) is 3.34. The van der Waals surface area contributed by atoms with Gasteiger partial charge in [-0.15, -0.1) is 0 Å². The van der Waals surface area contributed by atoms with Gasteiger partial charge in [-0.1, -0.05) is 59.6 Å². The van der Waals surface area contributed by atoms with Gasteiger partial charge in [-0.25, -0.2) is 9.97 Å². The lowest BCUT2D eigenvalue weighted by Gasteiger charge is -2.50. The predicted octanol–water partition coefficient (Wildman–Crippen LogP) is -5.91. The molecule has 0 bridgehead atoms. The molecule has 0 spiro atoms. The van der Waals surface area contributed by atoms with Crippen LogP contribution in [0.15, 0.2) is 82.6 Å². The normalized spacial score (nSPS) is 13.3. The van der Waals surface area contributed by atoms with E-state index in [1.54, 1.807) is 49.3 Å². The lowest BCUT2D eigenvalue weighted by Crippen LogP contribution is -2.88. The van der Waals surface area contributed by atoms with Crippen molar-refractivity contribution in [2.24, 2.45) is 14.1 Å². The number of fused-ring (bicyclic) bond motifs is 2. The number of piperidine rings is 2. The van der Waals surface area contributed by atoms with Gasteiger partial charge < -0.3 is 20.7 Å². The molecule has 14 nitrogen and oxygen atoms in total. The lowest BCUT2D eigenvalue weighted by molar-refractivity contribution is -0.142. The first-order valence-electron chi connectivity index (χ1n) is 28.5. The number of hydrogen-bond acceptors (Lipinski definition) is 12. The molecular formula is C41H44B30Cl2N10O4. The maximum Gasteiger partial charge on any atom is 0.319 e. The molecule has 0 saturated carbocycles. The van der Waals surface area contributed by atoms with Crippen LogP contribution in [0.4, 0.5) is 11.9 Å². The van der Waals surface area contributed by atoms with E-state index in [4.69, 9.17) is 152 Å². The Kier molecular flexibility index (Phi) is 28.2. The number of benzene rings is 2. The van der Waals surface area contributed by atoms with Crippen molar-refractivity contribution in [3.8, 4) is 22.3 Å². The SMILES string of the molecule is COC(=O)CN1CCC(Nc2ncc3cc(-c4ccccc4Cl)c(=O)n(C)c3n2)CC1.Cn1c(=O)c(-c2ccccc2Cl)cc2cnc(NC3CCNCC3)nc21.[B]B([B])B(B([B])[B])B(B(B([B])[B])B([B])[B])B(B(B([B])[B])B([B])[B])B(B([B])[B])B([B])[B]. The molecule has 87 heavy (non-hydrogen) atoms. The zero-order valence-corrected chi connectivity index (χ0v) is 50.8. The minimum Gasteiger partial charge on any atom is -0.468 e. The standard InChI is InChI=1S/C22H24ClN5O3.C19H20ClN5O.B30/c1-27-20-14(11-17(21(27)30)16-5-3-4-6-18(16)23)12-24-22(26-20)25-15-7-9-28(10-8-15)13-19(29)31-2;1-25-17-12(10-15(18(25)26)14-4-2-3-5-16(14)20)11-22-19(24-17)23-13-6-8-21-9-7-13;1-17(2)25(18(3)4)29(26(19(5)6)20(7)8)30(27(21(9)10)22(11)12)28(23(13)14)24(15)16/h3-6,11-12,15H,7-10,13H2,1-2H3,(H,24,25,26);2-5,10-11,13,21H,6-9H2,1H3,(H,22,23,24);. The van der Waals surface area contributed by atoms with Crippen LogP contribution in [0.1, 0.15) is 25.7 Å². The Morgan fingerprint density at radius 2 is 0.874 bits per heavy atom. The third kappa shape index (κ3) is 18.8. The van der Waals surface area contributed by atoms with E-state index in [-0.39, 0.29) is 23.1 Å². The van der Waals surface area contributed by atoms with Crippen molar-refractivity contribution in [3.05, 3.63) is 104 Å². The van der Waals surface area contributed by atoms with E-state index in [1.807, 2.05) is 42.5 Å². The van der Waals surface area contributed by atoms with Crippen molar-refractivity contribution in [2.45, 2.75) is 37.8 Å². The zero-order valence-electron chi connectivity index (χ0n) is 49.3. The van der Waals surface area contributed by atoms with Crippen LogP contribution in [0.2, 0.25) is 10.0 Å². The van der Waals surface area contributed by atoms with Crippen molar-refractivity contribution in [1.82, 2.24) is 39.3 Å². The summed E-state index contributed by atoms with van der Waals surface area (Å²) in [6, 6.07) is 18.8. The summed E-state index contributed by atoms with van der Waals surface area (Å²) in [7, 11) is 101. The predicted molar refractivity (Wildman–Crippen MR) is 398 cm³/mol. The average Bonchev–Trinajstić information content (AvgIpc) is 0.942. The molecule has 8 rings (SSSR count). The molecule has 3 N–H and O–H groups in total. The second-order valence-electron chi connectivity index (χ2n) is 22.3. The second-order valence-corrected chi connectivity index (χ2v) is 23.1. The van der Waals surface area contributed by atoms with Gasteiger partial charge in [0.2, 0.25) is 11.9 Å². The van der Waals surface area contributed by atoms with Crippen LogP contribution in [-0.4, -0.2) is 305 Å². The highest BCUT2D eigenvalue weighted by Gasteiger charge is 2.52. The number of methoxy groups -OCH3 is 1. The summed E-state index contributed by atoms with van der Waals surface area (Å²) in [4.78, 5) is 57.4. The first kappa shape index (κ1) is 72.6. The Morgan fingerprint density at radius 1 is 0.540 bits per heavy atom. The largest absolute Gasteiger partial charge is 0.468 e. The van der Waals surface area contributed by atoms with E-state index < -0.39 is 89.4 Å². The fraction of sp³-hybridized carbons (Fsp3) is 0.341. The molecule has 6 aromatic rings. The number of pyridine rings is 2. The number of halogens is 2. The highest BCUT2D eigenvalue weighted by Crippen LogP contribution is 2.29. The summed E-state index contributed by atoms with van der Waals surface area (Å²) in [6.45, 7) is 3.88. The minimum atomic E-state index is -1.07. The number of carbonyl (C=O) groups excluding carboxylic acids is 1. The zero-order chi connectivity index (χ0) is 64.1. The number of nitrogens with one attached hydrogen (secondary N) is 3. The number of likely N-dealkylation sites (tertiary alicyclic amines) is 1. The molecule has 386 valence electrons. The van der Waals surface area contributed by atoms with Crippen LogP contribution < -0.4 is 27.1 Å². The maximum atomic E-state index is 13.0. The Labute approximate surface area is 549 Å². The molecule has 46 heteroatoms. The van der Waals surface area contributed by atoms with Crippen molar-refractivity contribution in [1.29, 1.82) is 0 Å². The number of ether oxygens (including phenoxy) is 1. The number of aromatic nitrogens is 6. The Balaban J connectivity index is 0.000000209. The van der Waals surface area contributed by atoms with Crippen LogP contribution in [-0.2, 0) is 23.6 Å². The van der Waals surface area contributed by atoms with Gasteiger partial charge in [0.1, 0.15) is 11.3 Å². The van der Waals surface area contributed by atoms with Crippen molar-refractivity contribution >= 4 is 276 Å². The average molecular weight is 1140 g/mol. The molecule has 2 fully saturated rings. The number of anilines is 2. The Bertz CT molecular complexity index is 3240. The number of aryl methyl sites for hydroxylation is 2. The van der Waals surface area contributed by atoms with Crippen LogP contribution in [0, 0.1) is 0 Å². The fourth-order valence-electron chi connectivity index (χ4n) is 11.8. The Morgan fingerprint density at radius 3 is 1.20 bits per heavy atom. The third-order valence-corrected chi connectivity index (χ3v) is 16.8. The number of nitrogens with zero attached hydrogens (tertiary/aromatic N) is 7. The highest BCUT2D eigenvalue weighted by atomic mass is 35.5. The number of hydrogen-bond donors (Lipinski definition) is 3. The van der Waals surface area contributed by atoms with Crippen LogP contribution in [0.3, 0.4) is 0 Å². The molecule has 32 radical (unpaired) electrons. The van der Waals surface area contributed by atoms with Crippen LogP contribution >= 0.6 is 23.2 Å². The molecule has 4 aromatic heterocycles. The monoisotopic (exact) mass is 1140 g/mol. The number of esters is 1. The second kappa shape index (κ2) is 33.7. The summed E-state index contributed by atoms with van der Waals surface area (Å²) >= 11 is 12.6. The quantitative estimate of drug-likeness (QED) is 0.0464. The minimum absolute atomic E-state index is 0.128. The van der Waals surface area contributed by atoms with E-state index >= 15 is 0 Å². The highest BCUT2D eigenvalue weighted by molar-refractivity contribution is 8.27. The molecule has 2 saturated heterocycles. The smallest absolute Gasteiger partial charge is 0.319 e. The lowest BCUT2D eigenvalue weighted by atomic mass is 8.31. The topological polar surface area (TPSA) is 161 Å². The summed E-state index contributed by atoms with van der Waals surface area (Å²) in [5, 5.41) is 12.7. The molecule has 6 heterocycles. The third-order valence-electron chi connectivity index (χ3n) is 16.2. The summed E-state index contributed by atoms with van der Waals surface area (Å²) in [6.07, 6.45) is -6.44. The Hall–Kier alpha value is -3.46. The van der Waals surface area contributed by atoms with E-state index in [1.165, 1.54) is 11.7 Å². The first-order chi connectivity index (χ1) is 41.2. The number of carbonyl (C=O) groups is 1. The molecular weight excluding hydrogens is 1090 g/mol. The first-order valence-corrected chi connectivity index (χ1v) is 29.3. The molecule has 2 aromatic carbocycles. The van der Waals surface area contributed by atoms with Gasteiger partial charge in [0.25, 0.3) is 11.1 Å². The van der Waals surface area contributed by atoms with E-state index in [0.29, 0.717) is 68.1 Å². The molecule has 0 unspecified atom stereocenters. The van der Waals surface area contributed by atoms with Crippen molar-refractivity contribution in [3.63, 3.8) is 0 Å². The summed E-state index contributed by atoms with van der Waals surface area (Å²) in [5.74, 6) is 0.825. The van der Waals surface area contributed by atoms with Gasteiger partial charge in [-0.3, -0.25) is 28.4 Å². The maximum absolute atomic E-state index is 13.0. The molecule has 0 amide bonds. The van der Waals surface area contributed by atoms with Crippen molar-refractivity contribution < 1.29 is 9.53 Å². The number of rotatable bonds is 21. The molecule has 2 aliphatic heterocycles. The van der Waals surface area contributed by atoms with Gasteiger partial charge in [0.15, 0.2) is 0 Å². The van der Waals surface area contributed by atoms with Gasteiger partial charge in [-0.05, 0) is 63.0 Å². The van der Waals surface area contributed by atoms with Gasteiger partial charge in [0.05, 0.1) is 13.7 Å². The van der Waals surface area contributed by atoms with Crippen LogP contribution in [0.25, 0.3) is 44.3 Å². The van der Waals surface area contributed by atoms with Gasteiger partial charge >= 0.3 is 5.97 Å². The molecule has 0 aliphatic carbocycles. The fourth-order valence-corrected chi connectivity index (χ4v) is 12.3. The summed E-state index contributed by atoms with van der Waals surface area (Å²) < 4.78 is 7.82.